The first-order chi connectivity index (χ1) is 14.9. The molecule has 168 valence electrons. The van der Waals surface area contributed by atoms with Crippen molar-refractivity contribution in [3.63, 3.8) is 0 Å². The Kier molecular flexibility index (Phi) is 6.75. The molecule has 0 radical (unpaired) electrons. The summed E-state index contributed by atoms with van der Waals surface area (Å²) in [6, 6.07) is 11.0. The maximum atomic E-state index is 13.2. The molecule has 0 spiro atoms. The first-order valence-electron chi connectivity index (χ1n) is 8.97. The lowest BCUT2D eigenvalue weighted by molar-refractivity contribution is -0.138. The van der Waals surface area contributed by atoms with Gasteiger partial charge in [-0.15, -0.1) is 0 Å². The molecular formula is C21H15ClF3NO5S. The molecule has 0 aliphatic heterocycles. The van der Waals surface area contributed by atoms with Crippen LogP contribution in [0.15, 0.2) is 65.7 Å². The van der Waals surface area contributed by atoms with Crippen LogP contribution in [0.5, 0.6) is 11.5 Å². The standard InChI is InChI=1S/C21H15ClF3NO5S/c22-18-11-17(32(29,30)12-15-3-1-2-6-26-15)4-5-19(18)31-16-8-13(9-20(27)28)7-14(10-16)21(23,24)25/h1-8,10-11H,9,12H2,(H,27,28). The van der Waals surface area contributed by atoms with Crippen molar-refractivity contribution in [2.75, 3.05) is 0 Å². The molecule has 3 aromatic rings. The zero-order valence-electron chi connectivity index (χ0n) is 16.1. The third-order valence-corrected chi connectivity index (χ3v) is 6.15. The number of halogens is 4. The average molecular weight is 486 g/mol. The molecule has 0 atom stereocenters. The molecule has 3 rings (SSSR count). The zero-order chi connectivity index (χ0) is 23.5. The van der Waals surface area contributed by atoms with Gasteiger partial charge >= 0.3 is 12.1 Å². The number of hydrogen-bond acceptors (Lipinski definition) is 5. The summed E-state index contributed by atoms with van der Waals surface area (Å²) in [5.74, 6) is -2.06. The van der Waals surface area contributed by atoms with Gasteiger partial charge < -0.3 is 9.84 Å². The first-order valence-corrected chi connectivity index (χ1v) is 11.0. The Bertz CT molecular complexity index is 1250. The Balaban J connectivity index is 1.89. The van der Waals surface area contributed by atoms with Crippen LogP contribution in [0.4, 0.5) is 13.2 Å². The maximum absolute atomic E-state index is 13.2. The number of nitrogens with zero attached hydrogens (tertiary/aromatic N) is 1. The molecule has 6 nitrogen and oxygen atoms in total. The van der Waals surface area contributed by atoms with Gasteiger partial charge in [0.15, 0.2) is 9.84 Å². The molecule has 0 bridgehead atoms. The van der Waals surface area contributed by atoms with E-state index in [0.717, 1.165) is 18.2 Å². The first kappa shape index (κ1) is 23.6. The van der Waals surface area contributed by atoms with E-state index in [1.54, 1.807) is 18.2 Å². The predicted octanol–water partition coefficient (Wildman–Crippen LogP) is 5.15. The van der Waals surface area contributed by atoms with Gasteiger partial charge in [0.25, 0.3) is 0 Å². The molecule has 1 aromatic heterocycles. The molecule has 0 unspecified atom stereocenters. The van der Waals surface area contributed by atoms with Crippen LogP contribution in [0.1, 0.15) is 16.8 Å². The summed E-state index contributed by atoms with van der Waals surface area (Å²) in [5, 5.41) is 8.74. The number of carboxylic acid groups (broad SMARTS) is 1. The van der Waals surface area contributed by atoms with Gasteiger partial charge in [-0.3, -0.25) is 9.78 Å². The van der Waals surface area contributed by atoms with Crippen LogP contribution >= 0.6 is 11.6 Å². The van der Waals surface area contributed by atoms with E-state index < -0.39 is 34.0 Å². The number of hydrogen-bond donors (Lipinski definition) is 1. The van der Waals surface area contributed by atoms with Crippen molar-refractivity contribution in [3.8, 4) is 11.5 Å². The van der Waals surface area contributed by atoms with Crippen LogP contribution in [-0.4, -0.2) is 24.5 Å². The Morgan fingerprint density at radius 2 is 1.84 bits per heavy atom. The number of sulfone groups is 1. The van der Waals surface area contributed by atoms with Gasteiger partial charge in [-0.05, 0) is 54.1 Å². The normalized spacial score (nSPS) is 11.9. The third-order valence-electron chi connectivity index (χ3n) is 4.20. The fraction of sp³-hybridized carbons (Fsp3) is 0.143. The number of pyridine rings is 1. The van der Waals surface area contributed by atoms with Crippen LogP contribution in [0, 0.1) is 0 Å². The third kappa shape index (κ3) is 5.98. The minimum atomic E-state index is -4.72. The van der Waals surface area contributed by atoms with E-state index in [0.29, 0.717) is 11.8 Å². The molecule has 0 amide bonds. The van der Waals surface area contributed by atoms with E-state index >= 15 is 0 Å². The summed E-state index contributed by atoms with van der Waals surface area (Å²) in [5.41, 5.74) is -0.871. The fourth-order valence-corrected chi connectivity index (χ4v) is 4.39. The van der Waals surface area contributed by atoms with E-state index in [-0.39, 0.29) is 32.7 Å². The molecule has 0 saturated carbocycles. The van der Waals surface area contributed by atoms with Crippen LogP contribution in [-0.2, 0) is 33.0 Å². The van der Waals surface area contributed by atoms with Crippen LogP contribution in [0.3, 0.4) is 0 Å². The average Bonchev–Trinajstić information content (AvgIpc) is 2.68. The van der Waals surface area contributed by atoms with Crippen molar-refractivity contribution in [2.24, 2.45) is 0 Å². The Morgan fingerprint density at radius 1 is 1.09 bits per heavy atom. The smallest absolute Gasteiger partial charge is 0.416 e. The summed E-state index contributed by atoms with van der Waals surface area (Å²) in [6.07, 6.45) is -3.90. The number of aliphatic carboxylic acids is 1. The molecule has 1 N–H and O–H groups in total. The van der Waals surface area contributed by atoms with E-state index in [1.165, 1.54) is 18.3 Å². The number of rotatable bonds is 7. The molecular weight excluding hydrogens is 471 g/mol. The second-order valence-corrected chi connectivity index (χ2v) is 9.11. The predicted molar refractivity (Wildman–Crippen MR) is 109 cm³/mol. The number of aromatic nitrogens is 1. The van der Waals surface area contributed by atoms with Crippen LogP contribution in [0.25, 0.3) is 0 Å². The monoisotopic (exact) mass is 485 g/mol. The lowest BCUT2D eigenvalue weighted by Crippen LogP contribution is -2.08. The van der Waals surface area contributed by atoms with Crippen molar-refractivity contribution in [1.82, 2.24) is 4.98 Å². The summed E-state index contributed by atoms with van der Waals surface area (Å²) >= 11 is 6.12. The van der Waals surface area contributed by atoms with Gasteiger partial charge in [-0.25, -0.2) is 8.42 Å². The molecule has 0 aliphatic carbocycles. The van der Waals surface area contributed by atoms with E-state index in [4.69, 9.17) is 21.4 Å². The lowest BCUT2D eigenvalue weighted by Gasteiger charge is -2.14. The molecule has 0 fully saturated rings. The number of carbonyl (C=O) groups is 1. The number of benzene rings is 2. The lowest BCUT2D eigenvalue weighted by atomic mass is 10.1. The van der Waals surface area contributed by atoms with Gasteiger partial charge in [0.2, 0.25) is 0 Å². The van der Waals surface area contributed by atoms with Gasteiger partial charge in [-0.1, -0.05) is 17.7 Å². The van der Waals surface area contributed by atoms with Crippen LogP contribution < -0.4 is 4.74 Å². The second kappa shape index (κ2) is 9.17. The van der Waals surface area contributed by atoms with Gasteiger partial charge in [-0.2, -0.15) is 13.2 Å². The summed E-state index contributed by atoms with van der Waals surface area (Å²) < 4.78 is 70.1. The molecule has 11 heteroatoms. The highest BCUT2D eigenvalue weighted by Gasteiger charge is 2.31. The van der Waals surface area contributed by atoms with Gasteiger partial charge in [0.05, 0.1) is 33.3 Å². The summed E-state index contributed by atoms with van der Waals surface area (Å²) in [7, 11) is -3.79. The van der Waals surface area contributed by atoms with E-state index in [9.17, 15) is 26.4 Å². The van der Waals surface area contributed by atoms with E-state index in [2.05, 4.69) is 4.98 Å². The Morgan fingerprint density at radius 3 is 2.44 bits per heavy atom. The van der Waals surface area contributed by atoms with Gasteiger partial charge in [0.1, 0.15) is 11.5 Å². The van der Waals surface area contributed by atoms with Gasteiger partial charge in [0, 0.05) is 6.20 Å². The number of alkyl halides is 3. The second-order valence-electron chi connectivity index (χ2n) is 6.71. The van der Waals surface area contributed by atoms with Crippen LogP contribution in [0.2, 0.25) is 5.02 Å². The van der Waals surface area contributed by atoms with Crippen molar-refractivity contribution in [3.05, 3.63) is 82.6 Å². The quantitative estimate of drug-likeness (QED) is 0.497. The number of carboxylic acids is 1. The van der Waals surface area contributed by atoms with E-state index in [1.807, 2.05) is 0 Å². The number of ether oxygens (including phenoxy) is 1. The maximum Gasteiger partial charge on any atom is 0.416 e. The van der Waals surface area contributed by atoms with Crippen molar-refractivity contribution >= 4 is 27.4 Å². The topological polar surface area (TPSA) is 93.6 Å². The molecule has 0 aliphatic rings. The summed E-state index contributed by atoms with van der Waals surface area (Å²) in [6.45, 7) is 0. The SMILES string of the molecule is O=C(O)Cc1cc(Oc2ccc(S(=O)(=O)Cc3ccccn3)cc2Cl)cc(C(F)(F)F)c1. The molecule has 2 aromatic carbocycles. The minimum absolute atomic E-state index is 0.0935. The van der Waals surface area contributed by atoms with Crippen molar-refractivity contribution in [2.45, 2.75) is 23.2 Å². The Hall–Kier alpha value is -3.11. The minimum Gasteiger partial charge on any atom is -0.481 e. The zero-order valence-corrected chi connectivity index (χ0v) is 17.7. The highest BCUT2D eigenvalue weighted by atomic mass is 35.5. The van der Waals surface area contributed by atoms with Crippen molar-refractivity contribution < 1.29 is 36.2 Å². The fourth-order valence-electron chi connectivity index (χ4n) is 2.81. The highest BCUT2D eigenvalue weighted by molar-refractivity contribution is 7.90. The van der Waals surface area contributed by atoms with Crippen molar-refractivity contribution in [1.29, 1.82) is 0 Å². The molecule has 0 saturated heterocycles. The Labute approximate surface area is 186 Å². The highest BCUT2D eigenvalue weighted by Crippen LogP contribution is 2.36. The largest absolute Gasteiger partial charge is 0.481 e. The summed E-state index contributed by atoms with van der Waals surface area (Å²) in [4.78, 5) is 14.8. The molecule has 1 heterocycles. The molecule has 32 heavy (non-hydrogen) atoms.